The molecule has 4 aromatic heterocycles. The van der Waals surface area contributed by atoms with Crippen LogP contribution in [0, 0.1) is 5.92 Å². The molecule has 654 valence electrons. The predicted octanol–water partition coefficient (Wildman–Crippen LogP) is 18.4. The number of ketones is 9. The van der Waals surface area contributed by atoms with Gasteiger partial charge in [0.05, 0.1) is 22.1 Å². The van der Waals surface area contributed by atoms with Gasteiger partial charge in [-0.15, -0.1) is 0 Å². The minimum Gasteiger partial charge on any atom is -0.506 e. The van der Waals surface area contributed by atoms with Gasteiger partial charge in [0, 0.05) is 126 Å². The van der Waals surface area contributed by atoms with Crippen molar-refractivity contribution in [3.05, 3.63) is 340 Å². The lowest BCUT2D eigenvalue weighted by molar-refractivity contribution is -0.119. The van der Waals surface area contributed by atoms with E-state index in [0.29, 0.717) is 78.1 Å². The predicted molar refractivity (Wildman–Crippen MR) is 498 cm³/mol. The Kier molecular flexibility index (Phi) is 28.5. The van der Waals surface area contributed by atoms with E-state index in [4.69, 9.17) is 9.47 Å². The summed E-state index contributed by atoms with van der Waals surface area (Å²) < 4.78 is 17.3. The van der Waals surface area contributed by atoms with Gasteiger partial charge in [0.15, 0.2) is 23.1 Å². The van der Waals surface area contributed by atoms with Gasteiger partial charge in [0.1, 0.15) is 97.2 Å². The largest absolute Gasteiger partial charge is 0.506 e. The Bertz CT molecular complexity index is 7200. The molecular formula is C106H96N4O19. The molecule has 4 N–H and O–H groups in total. The van der Waals surface area contributed by atoms with Crippen LogP contribution in [0.2, 0.25) is 0 Å². The summed E-state index contributed by atoms with van der Waals surface area (Å²) in [5.41, 5.74) is 4.83. The summed E-state index contributed by atoms with van der Waals surface area (Å²) in [5, 5.41) is 49.0. The van der Waals surface area contributed by atoms with Gasteiger partial charge in [-0.2, -0.15) is 0 Å². The van der Waals surface area contributed by atoms with Crippen molar-refractivity contribution in [2.45, 2.75) is 117 Å². The zero-order valence-electron chi connectivity index (χ0n) is 72.6. The summed E-state index contributed by atoms with van der Waals surface area (Å²) in [6, 6.07) is 76.2. The van der Waals surface area contributed by atoms with Gasteiger partial charge in [-0.25, -0.2) is 0 Å². The molecule has 0 spiro atoms. The second-order valence-electron chi connectivity index (χ2n) is 32.6. The van der Waals surface area contributed by atoms with E-state index in [1.165, 1.54) is 78.2 Å². The number of aromatic nitrogens is 4. The third kappa shape index (κ3) is 20.9. The molecule has 4 heterocycles. The van der Waals surface area contributed by atoms with Crippen molar-refractivity contribution in [2.24, 2.45) is 34.1 Å². The van der Waals surface area contributed by atoms with E-state index < -0.39 is 56.9 Å². The average Bonchev–Trinajstić information content (AvgIpc) is 1.33. The Labute approximate surface area is 741 Å². The third-order valence-electron chi connectivity index (χ3n) is 23.3. The second-order valence-corrected chi connectivity index (χ2v) is 32.6. The van der Waals surface area contributed by atoms with Gasteiger partial charge in [0.25, 0.3) is 22.2 Å². The number of ether oxygens (including phenoxy) is 2. The molecule has 0 unspecified atom stereocenters. The summed E-state index contributed by atoms with van der Waals surface area (Å²) in [5.74, 6) is -1.75. The summed E-state index contributed by atoms with van der Waals surface area (Å²) in [6.45, 7) is 5.53. The lowest BCUT2D eigenvalue weighted by Crippen LogP contribution is -2.25. The van der Waals surface area contributed by atoms with Crippen molar-refractivity contribution in [3.63, 3.8) is 0 Å². The van der Waals surface area contributed by atoms with Crippen LogP contribution in [0.1, 0.15) is 166 Å². The molecule has 0 atom stereocenters. The average molecular weight is 1730 g/mol. The molecule has 1 aliphatic rings. The first-order valence-corrected chi connectivity index (χ1v) is 42.3. The van der Waals surface area contributed by atoms with E-state index in [2.05, 4.69) is 24.3 Å². The molecule has 23 nitrogen and oxygen atoms in total. The van der Waals surface area contributed by atoms with E-state index in [1.807, 2.05) is 164 Å². The maximum Gasteiger partial charge on any atom is 0.265 e. The number of carbonyl (C=O) groups excluding carboxylic acids is 9. The van der Waals surface area contributed by atoms with Crippen LogP contribution in [-0.2, 0) is 77.8 Å². The summed E-state index contributed by atoms with van der Waals surface area (Å²) >= 11 is 0. The van der Waals surface area contributed by atoms with Crippen LogP contribution in [0.15, 0.2) is 262 Å². The first kappa shape index (κ1) is 91.3. The Balaban J connectivity index is 0.000000147. The molecule has 0 bridgehead atoms. The molecule has 16 rings (SSSR count). The lowest BCUT2D eigenvalue weighted by atomic mass is 9.85. The highest BCUT2D eigenvalue weighted by atomic mass is 16.5. The van der Waals surface area contributed by atoms with E-state index in [9.17, 15) is 82.8 Å². The Hall–Kier alpha value is -15.4. The maximum atomic E-state index is 13.4. The fraction of sp³-hybridized carbons (Fsp3) is 0.217. The highest BCUT2D eigenvalue weighted by molar-refractivity contribution is 6.09. The number of hydrogen-bond acceptors (Lipinski definition) is 19. The van der Waals surface area contributed by atoms with Crippen LogP contribution in [0.3, 0.4) is 0 Å². The van der Waals surface area contributed by atoms with Crippen LogP contribution < -0.4 is 31.7 Å². The van der Waals surface area contributed by atoms with Crippen molar-refractivity contribution in [1.29, 1.82) is 0 Å². The van der Waals surface area contributed by atoms with Crippen molar-refractivity contribution in [2.75, 3.05) is 0 Å². The number of pyridine rings is 4. The number of aromatic hydroxyl groups is 4. The van der Waals surface area contributed by atoms with E-state index in [1.54, 1.807) is 61.6 Å². The molecule has 1 aliphatic carbocycles. The number of rotatable bonds is 28. The standard InChI is InChI=1S/C31H29NO5.2C25H21NO5.C25H25NO4/c1-20(33)16-17-27(35)29-30(36)28-23(14-9-15-26(28)32(2)31(29)37)18-24(34)19-25(21-10-5-3-6-11-21)22-12-7-4-8-13-22;1-15(27)7-12-22(28)23-24(29)20-14-19(10-11-21(20)26(2)25(23)30)31-18-9-8-16-5-3-4-6-17(16)13-18;1-15(27)7-12-22(28)23-24(29)20-11-10-19(14-21(20)26(2)25(23)30)31-18-9-8-16-5-3-4-6-17(16)13-18;1-15(27)7-10-22(28)23-24(29)20-14-16(8-9-21(20)26(2)25(23)30)11-17-12-18-5-3-4-6-19(18)13-17/h3-15,25,36H,16-19H2,1-2H3;2*3-6,8-11,13-14,29H,7,12H2,1-2H3;3-6,8-9,14,17,29H,7,10-13H2,1-2H3. The second kappa shape index (κ2) is 40.3. The van der Waals surface area contributed by atoms with Gasteiger partial charge < -0.3 is 67.3 Å². The fourth-order valence-electron chi connectivity index (χ4n) is 16.5. The molecule has 129 heavy (non-hydrogen) atoms. The zero-order chi connectivity index (χ0) is 92.2. The third-order valence-corrected chi connectivity index (χ3v) is 23.3. The van der Waals surface area contributed by atoms with Crippen molar-refractivity contribution >= 4 is 117 Å². The Morgan fingerprint density at radius 2 is 0.705 bits per heavy atom. The SMILES string of the molecule is CC(=O)CCC(=O)c1c(O)c2c(CC(=O)CC(c3ccccc3)c3ccccc3)cccc2n(C)c1=O.CC(=O)CCC(=O)c1c(O)c2cc(CC3Cc4ccccc4C3)ccc2n(C)c1=O.CC(=O)CCC(=O)c1c(O)c2cc(Oc3ccc4ccccc4c3)ccc2n(C)c1=O.CC(=O)CCC(=O)c1c(O)c2ccc(Oc3ccc4ccccc4c3)cc2n(C)c1=O. The smallest absolute Gasteiger partial charge is 0.265 e. The van der Waals surface area contributed by atoms with Crippen molar-refractivity contribution < 1.29 is 73.1 Å². The van der Waals surface area contributed by atoms with Gasteiger partial charge >= 0.3 is 0 Å². The lowest BCUT2D eigenvalue weighted by Gasteiger charge is -2.18. The molecule has 15 aromatic rings. The molecule has 23 heteroatoms. The minimum atomic E-state index is -0.629. The van der Waals surface area contributed by atoms with Crippen LogP contribution in [0.5, 0.6) is 46.0 Å². The van der Waals surface area contributed by atoms with E-state index in [-0.39, 0.29) is 133 Å². The molecule has 0 fully saturated rings. The van der Waals surface area contributed by atoms with Crippen LogP contribution in [-0.4, -0.2) is 90.7 Å². The minimum absolute atomic E-state index is 0.0139. The van der Waals surface area contributed by atoms with Crippen LogP contribution >= 0.6 is 0 Å². The number of hydrogen-bond donors (Lipinski definition) is 4. The maximum absolute atomic E-state index is 13.4. The summed E-state index contributed by atoms with van der Waals surface area (Å²) in [7, 11) is 6.19. The van der Waals surface area contributed by atoms with Crippen molar-refractivity contribution in [3.8, 4) is 46.0 Å². The van der Waals surface area contributed by atoms with Gasteiger partial charge in [-0.1, -0.05) is 164 Å². The highest BCUT2D eigenvalue weighted by Gasteiger charge is 2.30. The number of Topliss-reactive ketones (excluding diaryl/α,β-unsaturated/α-hetero) is 9. The van der Waals surface area contributed by atoms with E-state index >= 15 is 0 Å². The number of benzene rings is 11. The normalized spacial score (nSPS) is 11.6. The molecule has 11 aromatic carbocycles. The number of carbonyl (C=O) groups is 9. The Morgan fingerprint density at radius 3 is 1.16 bits per heavy atom. The molecule has 0 aliphatic heterocycles. The fourth-order valence-corrected chi connectivity index (χ4v) is 16.5. The van der Waals surface area contributed by atoms with Crippen LogP contribution in [0.4, 0.5) is 0 Å². The molecule has 0 saturated carbocycles. The van der Waals surface area contributed by atoms with Gasteiger partial charge in [0.2, 0.25) is 0 Å². The van der Waals surface area contributed by atoms with Crippen molar-refractivity contribution in [1.82, 2.24) is 18.3 Å². The van der Waals surface area contributed by atoms with Gasteiger partial charge in [-0.3, -0.25) is 43.2 Å². The number of nitrogens with zero attached hydrogens (tertiary/aromatic N) is 4. The molecule has 0 radical (unpaired) electrons. The first-order valence-electron chi connectivity index (χ1n) is 42.3. The number of aryl methyl sites for hydroxylation is 4. The van der Waals surface area contributed by atoms with Crippen LogP contribution in [0.25, 0.3) is 65.2 Å². The zero-order valence-corrected chi connectivity index (χ0v) is 72.6. The Morgan fingerprint density at radius 1 is 0.341 bits per heavy atom. The molecular weight excluding hydrogens is 1630 g/mol. The molecule has 0 saturated heterocycles. The summed E-state index contributed by atoms with van der Waals surface area (Å²) in [6.07, 6.45) is 2.80. The monoisotopic (exact) mass is 1730 g/mol. The topological polar surface area (TPSA) is 341 Å². The van der Waals surface area contributed by atoms with Gasteiger partial charge in [-0.05, 0) is 181 Å². The van der Waals surface area contributed by atoms with E-state index in [0.717, 1.165) is 57.5 Å². The first-order chi connectivity index (χ1) is 61.8. The summed E-state index contributed by atoms with van der Waals surface area (Å²) in [4.78, 5) is 160. The quantitative estimate of drug-likeness (QED) is 0.0331. The number of fused-ring (bicyclic) bond motifs is 7. The highest BCUT2D eigenvalue weighted by Crippen LogP contribution is 2.39. The molecule has 0 amide bonds.